The summed E-state index contributed by atoms with van der Waals surface area (Å²) >= 11 is 0. The van der Waals surface area contributed by atoms with Crippen LogP contribution in [0.2, 0.25) is 0 Å². The first-order valence-electron chi connectivity index (χ1n) is 8.23. The number of carbonyl (C=O) groups is 2. The van der Waals surface area contributed by atoms with E-state index < -0.39 is 11.9 Å². The second kappa shape index (κ2) is 7.74. The highest BCUT2D eigenvalue weighted by atomic mass is 16.5. The van der Waals surface area contributed by atoms with Gasteiger partial charge in [0.05, 0.1) is 31.2 Å². The van der Waals surface area contributed by atoms with Gasteiger partial charge < -0.3 is 14.8 Å². The third-order valence-electron chi connectivity index (χ3n) is 4.00. The van der Waals surface area contributed by atoms with E-state index in [0.29, 0.717) is 11.4 Å². The highest BCUT2D eigenvalue weighted by Crippen LogP contribution is 2.20. The van der Waals surface area contributed by atoms with Crippen molar-refractivity contribution in [3.63, 3.8) is 0 Å². The summed E-state index contributed by atoms with van der Waals surface area (Å²) in [5.74, 6) is -0.250. The number of benzene rings is 2. The van der Waals surface area contributed by atoms with E-state index >= 15 is 0 Å². The average molecular weight is 365 g/mol. The molecule has 1 N–H and O–H groups in total. The first-order chi connectivity index (χ1) is 13.0. The Labute approximate surface area is 156 Å². The van der Waals surface area contributed by atoms with Gasteiger partial charge in [-0.15, -0.1) is 0 Å². The minimum atomic E-state index is -0.524. The molecule has 0 saturated carbocycles. The largest absolute Gasteiger partial charge is 0.497 e. The topological polar surface area (TPSA) is 82.5 Å². The van der Waals surface area contributed by atoms with Crippen molar-refractivity contribution in [1.29, 1.82) is 0 Å². The Balaban J connectivity index is 1.88. The number of nitrogens with zero attached hydrogens (tertiary/aromatic N) is 2. The van der Waals surface area contributed by atoms with Crippen molar-refractivity contribution in [1.82, 2.24) is 9.78 Å². The molecule has 0 aliphatic heterocycles. The number of nitrogens with one attached hydrogen (secondary N) is 1. The van der Waals surface area contributed by atoms with Crippen LogP contribution < -0.4 is 10.1 Å². The molecule has 0 aliphatic carbocycles. The van der Waals surface area contributed by atoms with Crippen LogP contribution in [0, 0.1) is 6.92 Å². The number of amides is 1. The first kappa shape index (κ1) is 18.2. The van der Waals surface area contributed by atoms with Gasteiger partial charge in [0.1, 0.15) is 5.75 Å². The Hall–Kier alpha value is -3.61. The Bertz CT molecular complexity index is 994. The van der Waals surface area contributed by atoms with Crippen molar-refractivity contribution in [2.75, 3.05) is 19.5 Å². The lowest BCUT2D eigenvalue weighted by Crippen LogP contribution is -2.16. The molecule has 0 atom stereocenters. The van der Waals surface area contributed by atoms with Crippen LogP contribution >= 0.6 is 0 Å². The molecule has 0 spiro atoms. The lowest BCUT2D eigenvalue weighted by atomic mass is 10.1. The third-order valence-corrected chi connectivity index (χ3v) is 4.00. The Morgan fingerprint density at radius 2 is 1.81 bits per heavy atom. The minimum Gasteiger partial charge on any atom is -0.497 e. The summed E-state index contributed by atoms with van der Waals surface area (Å²) in [5.41, 5.74) is 2.44. The standard InChI is InChI=1S/C20H19N3O4/c1-13-11-18(22-23(13)14-7-6-8-15(12-14)26-2)19(24)21-17-10-5-4-9-16(17)20(25)27-3/h4-12H,1-3H3,(H,21,24). The number of methoxy groups -OCH3 is 2. The summed E-state index contributed by atoms with van der Waals surface area (Å²) in [4.78, 5) is 24.5. The molecule has 1 heterocycles. The molecule has 0 unspecified atom stereocenters. The quantitative estimate of drug-likeness (QED) is 0.702. The number of aromatic nitrogens is 2. The predicted molar refractivity (Wildman–Crippen MR) is 101 cm³/mol. The van der Waals surface area contributed by atoms with Gasteiger partial charge in [0.15, 0.2) is 5.69 Å². The van der Waals surface area contributed by atoms with E-state index in [4.69, 9.17) is 9.47 Å². The number of anilines is 1. The van der Waals surface area contributed by atoms with Crippen molar-refractivity contribution in [3.8, 4) is 11.4 Å². The molecule has 3 aromatic rings. The Kier molecular flexibility index (Phi) is 5.21. The van der Waals surface area contributed by atoms with E-state index in [1.165, 1.54) is 7.11 Å². The van der Waals surface area contributed by atoms with Gasteiger partial charge in [-0.25, -0.2) is 9.48 Å². The molecule has 0 radical (unpaired) electrons. The maximum absolute atomic E-state index is 12.6. The van der Waals surface area contributed by atoms with E-state index in [-0.39, 0.29) is 11.3 Å². The molecule has 1 amide bonds. The fraction of sp³-hybridized carbons (Fsp3) is 0.150. The second-order valence-electron chi connectivity index (χ2n) is 5.78. The molecule has 2 aromatic carbocycles. The third kappa shape index (κ3) is 3.82. The van der Waals surface area contributed by atoms with E-state index in [1.807, 2.05) is 31.2 Å². The lowest BCUT2D eigenvalue weighted by Gasteiger charge is -2.08. The molecule has 7 heteroatoms. The van der Waals surface area contributed by atoms with Crippen molar-refractivity contribution in [3.05, 3.63) is 71.5 Å². The fourth-order valence-electron chi connectivity index (χ4n) is 2.66. The van der Waals surface area contributed by atoms with Crippen LogP contribution in [0.1, 0.15) is 26.5 Å². The Morgan fingerprint density at radius 1 is 1.04 bits per heavy atom. The van der Waals surface area contributed by atoms with Gasteiger partial charge in [-0.3, -0.25) is 4.79 Å². The minimum absolute atomic E-state index is 0.231. The van der Waals surface area contributed by atoms with E-state index in [2.05, 4.69) is 10.4 Å². The number of carbonyl (C=O) groups excluding carboxylic acids is 2. The average Bonchev–Trinajstić information content (AvgIpc) is 3.09. The lowest BCUT2D eigenvalue weighted by molar-refractivity contribution is 0.0602. The molecular formula is C20H19N3O4. The van der Waals surface area contributed by atoms with Gasteiger partial charge in [-0.2, -0.15) is 5.10 Å². The van der Waals surface area contributed by atoms with Crippen molar-refractivity contribution >= 4 is 17.6 Å². The van der Waals surface area contributed by atoms with Gasteiger partial charge in [0.25, 0.3) is 5.91 Å². The molecule has 7 nitrogen and oxygen atoms in total. The predicted octanol–water partition coefficient (Wildman–Crippen LogP) is 3.23. The molecule has 0 aliphatic rings. The molecule has 138 valence electrons. The number of aryl methyl sites for hydroxylation is 1. The maximum Gasteiger partial charge on any atom is 0.339 e. The molecule has 0 saturated heterocycles. The van der Waals surface area contributed by atoms with E-state index in [0.717, 1.165) is 11.4 Å². The van der Waals surface area contributed by atoms with E-state index in [1.54, 1.807) is 42.1 Å². The van der Waals surface area contributed by atoms with Gasteiger partial charge in [-0.1, -0.05) is 18.2 Å². The molecule has 27 heavy (non-hydrogen) atoms. The molecule has 0 bridgehead atoms. The zero-order valence-corrected chi connectivity index (χ0v) is 15.2. The Morgan fingerprint density at radius 3 is 2.56 bits per heavy atom. The highest BCUT2D eigenvalue weighted by molar-refractivity contribution is 6.07. The highest BCUT2D eigenvalue weighted by Gasteiger charge is 2.17. The fourth-order valence-corrected chi connectivity index (χ4v) is 2.66. The van der Waals surface area contributed by atoms with Crippen LogP contribution in [-0.2, 0) is 4.74 Å². The summed E-state index contributed by atoms with van der Waals surface area (Å²) < 4.78 is 11.6. The maximum atomic E-state index is 12.6. The molecular weight excluding hydrogens is 346 g/mol. The summed E-state index contributed by atoms with van der Waals surface area (Å²) in [7, 11) is 2.88. The zero-order valence-electron chi connectivity index (χ0n) is 15.2. The molecule has 3 rings (SSSR count). The van der Waals surface area contributed by atoms with Crippen LogP contribution in [0.3, 0.4) is 0 Å². The van der Waals surface area contributed by atoms with Crippen LogP contribution in [-0.4, -0.2) is 35.9 Å². The van der Waals surface area contributed by atoms with Crippen LogP contribution in [0.4, 0.5) is 5.69 Å². The number of esters is 1. The SMILES string of the molecule is COC(=O)c1ccccc1NC(=O)c1cc(C)n(-c2cccc(OC)c2)n1. The normalized spacial score (nSPS) is 10.3. The van der Waals surface area contributed by atoms with Gasteiger partial charge in [-0.05, 0) is 37.3 Å². The van der Waals surface area contributed by atoms with Gasteiger partial charge in [0, 0.05) is 11.8 Å². The summed E-state index contributed by atoms with van der Waals surface area (Å²) in [6.07, 6.45) is 0. The summed E-state index contributed by atoms with van der Waals surface area (Å²) in [6.45, 7) is 1.85. The monoisotopic (exact) mass is 365 g/mol. The summed E-state index contributed by atoms with van der Waals surface area (Å²) in [6, 6.07) is 15.7. The molecule has 1 aromatic heterocycles. The summed E-state index contributed by atoms with van der Waals surface area (Å²) in [5, 5.41) is 7.10. The number of hydrogen-bond acceptors (Lipinski definition) is 5. The number of ether oxygens (including phenoxy) is 2. The van der Waals surface area contributed by atoms with E-state index in [9.17, 15) is 9.59 Å². The van der Waals surface area contributed by atoms with Gasteiger partial charge >= 0.3 is 5.97 Å². The van der Waals surface area contributed by atoms with Crippen molar-refractivity contribution < 1.29 is 19.1 Å². The zero-order chi connectivity index (χ0) is 19.4. The number of hydrogen-bond donors (Lipinski definition) is 1. The second-order valence-corrected chi connectivity index (χ2v) is 5.78. The van der Waals surface area contributed by atoms with Crippen LogP contribution in [0.15, 0.2) is 54.6 Å². The van der Waals surface area contributed by atoms with Gasteiger partial charge in [0.2, 0.25) is 0 Å². The van der Waals surface area contributed by atoms with Crippen LogP contribution in [0.5, 0.6) is 5.75 Å². The van der Waals surface area contributed by atoms with Crippen molar-refractivity contribution in [2.45, 2.75) is 6.92 Å². The van der Waals surface area contributed by atoms with Crippen molar-refractivity contribution in [2.24, 2.45) is 0 Å². The smallest absolute Gasteiger partial charge is 0.339 e. The first-order valence-corrected chi connectivity index (χ1v) is 8.23. The van der Waals surface area contributed by atoms with Crippen LogP contribution in [0.25, 0.3) is 5.69 Å². The number of para-hydroxylation sites is 1. The molecule has 0 fully saturated rings. The number of rotatable bonds is 5.